The van der Waals surface area contributed by atoms with Crippen molar-refractivity contribution in [3.63, 3.8) is 0 Å². The van der Waals surface area contributed by atoms with E-state index in [-0.39, 0.29) is 18.6 Å². The first-order valence-corrected chi connectivity index (χ1v) is 6.74. The topological polar surface area (TPSA) is 82.5 Å². The number of aliphatic hydroxyl groups is 2. The van der Waals surface area contributed by atoms with Gasteiger partial charge in [0.25, 0.3) is 5.91 Å². The Labute approximate surface area is 118 Å². The molecule has 106 valence electrons. The molecule has 2 rings (SSSR count). The van der Waals surface area contributed by atoms with E-state index in [9.17, 15) is 9.90 Å². The molecule has 0 saturated heterocycles. The van der Waals surface area contributed by atoms with Crippen LogP contribution < -0.4 is 5.32 Å². The summed E-state index contributed by atoms with van der Waals surface area (Å²) in [5, 5.41) is 21.3. The third kappa shape index (κ3) is 3.80. The van der Waals surface area contributed by atoms with Gasteiger partial charge in [0, 0.05) is 18.0 Å². The van der Waals surface area contributed by atoms with Crippen molar-refractivity contribution in [3.8, 4) is 11.8 Å². The van der Waals surface area contributed by atoms with Crippen molar-refractivity contribution >= 4 is 5.91 Å². The molecule has 0 bridgehead atoms. The minimum Gasteiger partial charge on any atom is -0.391 e. The molecule has 1 heterocycles. The molecule has 2 unspecified atom stereocenters. The zero-order valence-corrected chi connectivity index (χ0v) is 11.2. The van der Waals surface area contributed by atoms with Gasteiger partial charge in [-0.15, -0.1) is 0 Å². The van der Waals surface area contributed by atoms with Crippen LogP contribution in [0.25, 0.3) is 0 Å². The predicted octanol–water partition coefficient (Wildman–Crippen LogP) is 0.459. The van der Waals surface area contributed by atoms with Gasteiger partial charge in [0.2, 0.25) is 0 Å². The molecular weight excluding hydrogens is 256 g/mol. The van der Waals surface area contributed by atoms with E-state index in [2.05, 4.69) is 22.1 Å². The van der Waals surface area contributed by atoms with Crippen LogP contribution in [0.2, 0.25) is 0 Å². The van der Waals surface area contributed by atoms with Crippen molar-refractivity contribution in [1.29, 1.82) is 0 Å². The van der Waals surface area contributed by atoms with Crippen LogP contribution >= 0.6 is 0 Å². The summed E-state index contributed by atoms with van der Waals surface area (Å²) in [6.45, 7) is -0.231. The zero-order chi connectivity index (χ0) is 14.4. The molecule has 2 atom stereocenters. The summed E-state index contributed by atoms with van der Waals surface area (Å²) in [6.07, 6.45) is 6.07. The fraction of sp³-hybridized carbons (Fsp3) is 0.467. The lowest BCUT2D eigenvalue weighted by atomic mass is 9.92. The number of carbonyl (C=O) groups is 1. The number of nitrogens with one attached hydrogen (secondary N) is 1. The molecule has 1 saturated carbocycles. The monoisotopic (exact) mass is 274 g/mol. The number of hydrogen-bond donors (Lipinski definition) is 3. The van der Waals surface area contributed by atoms with E-state index in [1.165, 1.54) is 12.4 Å². The maximum Gasteiger partial charge on any atom is 0.253 e. The Morgan fingerprint density at radius 2 is 2.20 bits per heavy atom. The Morgan fingerprint density at radius 1 is 1.40 bits per heavy atom. The Kier molecular flexibility index (Phi) is 5.10. The van der Waals surface area contributed by atoms with Crippen molar-refractivity contribution in [2.75, 3.05) is 6.61 Å². The summed E-state index contributed by atoms with van der Waals surface area (Å²) in [7, 11) is 0. The Balaban J connectivity index is 2.05. The molecule has 1 aliphatic carbocycles. The van der Waals surface area contributed by atoms with Gasteiger partial charge in [-0.1, -0.05) is 24.7 Å². The molecule has 1 aliphatic rings. The lowest BCUT2D eigenvalue weighted by Crippen LogP contribution is -2.45. The fourth-order valence-electron chi connectivity index (χ4n) is 2.31. The first-order valence-electron chi connectivity index (χ1n) is 6.74. The molecule has 20 heavy (non-hydrogen) atoms. The molecule has 0 aromatic carbocycles. The van der Waals surface area contributed by atoms with E-state index in [0.717, 1.165) is 25.7 Å². The van der Waals surface area contributed by atoms with Crippen molar-refractivity contribution < 1.29 is 15.0 Å². The maximum absolute atomic E-state index is 12.1. The first-order chi connectivity index (χ1) is 9.70. The first kappa shape index (κ1) is 14.5. The second-order valence-electron chi connectivity index (χ2n) is 4.85. The molecule has 1 fully saturated rings. The van der Waals surface area contributed by atoms with Crippen molar-refractivity contribution in [2.24, 2.45) is 0 Å². The van der Waals surface area contributed by atoms with Crippen molar-refractivity contribution in [2.45, 2.75) is 37.8 Å². The molecule has 3 N–H and O–H groups in total. The molecule has 1 aromatic rings. The van der Waals surface area contributed by atoms with Crippen LogP contribution in [0.5, 0.6) is 0 Å². The number of nitrogens with zero attached hydrogens (tertiary/aromatic N) is 1. The van der Waals surface area contributed by atoms with Gasteiger partial charge in [-0.3, -0.25) is 9.78 Å². The molecule has 1 amide bonds. The number of aromatic nitrogens is 1. The molecule has 0 spiro atoms. The minimum absolute atomic E-state index is 0.191. The largest absolute Gasteiger partial charge is 0.391 e. The smallest absolute Gasteiger partial charge is 0.253 e. The van der Waals surface area contributed by atoms with Crippen LogP contribution in [0.15, 0.2) is 18.5 Å². The van der Waals surface area contributed by atoms with Gasteiger partial charge in [0.05, 0.1) is 17.7 Å². The summed E-state index contributed by atoms with van der Waals surface area (Å²) in [5.74, 6) is 4.97. The summed E-state index contributed by atoms with van der Waals surface area (Å²) < 4.78 is 0. The third-order valence-corrected chi connectivity index (χ3v) is 3.36. The summed E-state index contributed by atoms with van der Waals surface area (Å²) in [5.41, 5.74) is 0.989. The number of amides is 1. The van der Waals surface area contributed by atoms with Crippen LogP contribution in [0.3, 0.4) is 0 Å². The summed E-state index contributed by atoms with van der Waals surface area (Å²) >= 11 is 0. The quantitative estimate of drug-likeness (QED) is 0.684. The van der Waals surface area contributed by atoms with Gasteiger partial charge >= 0.3 is 0 Å². The highest BCUT2D eigenvalue weighted by atomic mass is 16.3. The zero-order valence-electron chi connectivity index (χ0n) is 11.2. The lowest BCUT2D eigenvalue weighted by Gasteiger charge is -2.28. The number of aliphatic hydroxyl groups excluding tert-OH is 2. The Morgan fingerprint density at radius 3 is 2.95 bits per heavy atom. The van der Waals surface area contributed by atoms with Crippen molar-refractivity contribution in [1.82, 2.24) is 10.3 Å². The minimum atomic E-state index is -0.474. The third-order valence-electron chi connectivity index (χ3n) is 3.36. The highest BCUT2D eigenvalue weighted by Gasteiger charge is 2.24. The van der Waals surface area contributed by atoms with Crippen LogP contribution in [-0.2, 0) is 0 Å². The average molecular weight is 274 g/mol. The van der Waals surface area contributed by atoms with Gasteiger partial charge in [-0.2, -0.15) is 0 Å². The van der Waals surface area contributed by atoms with Crippen molar-refractivity contribution in [3.05, 3.63) is 29.6 Å². The number of pyridine rings is 1. The van der Waals surface area contributed by atoms with E-state index >= 15 is 0 Å². The highest BCUT2D eigenvalue weighted by Crippen LogP contribution is 2.18. The van der Waals surface area contributed by atoms with E-state index in [0.29, 0.717) is 11.1 Å². The van der Waals surface area contributed by atoms with Gasteiger partial charge in [0.1, 0.15) is 6.61 Å². The van der Waals surface area contributed by atoms with Gasteiger partial charge in [-0.05, 0) is 18.9 Å². The Bertz CT molecular complexity index is 533. The van der Waals surface area contributed by atoms with E-state index in [1.807, 2.05) is 0 Å². The normalized spacial score (nSPS) is 21.7. The molecular formula is C15H18N2O3. The molecule has 0 radical (unpaired) electrons. The number of carbonyl (C=O) groups excluding carboxylic acids is 1. The molecule has 5 heteroatoms. The lowest BCUT2D eigenvalue weighted by molar-refractivity contribution is 0.0717. The standard InChI is InChI=1S/C15H18N2O3/c18-7-3-4-11-8-12(10-16-9-11)15(20)17-13-5-1-2-6-14(13)19/h8-10,13-14,18-19H,1-2,5-7H2,(H,17,20). The van der Waals surface area contributed by atoms with Crippen LogP contribution in [-0.4, -0.2) is 39.9 Å². The summed E-state index contributed by atoms with van der Waals surface area (Å²) in [6, 6.07) is 1.43. The maximum atomic E-state index is 12.1. The van der Waals surface area contributed by atoms with Crippen LogP contribution in [0.1, 0.15) is 41.6 Å². The summed E-state index contributed by atoms with van der Waals surface area (Å²) in [4.78, 5) is 16.1. The highest BCUT2D eigenvalue weighted by molar-refractivity contribution is 5.94. The number of hydrogen-bond acceptors (Lipinski definition) is 4. The average Bonchev–Trinajstić information content (AvgIpc) is 2.48. The van der Waals surface area contributed by atoms with Crippen LogP contribution in [0, 0.1) is 11.8 Å². The predicted molar refractivity (Wildman–Crippen MR) is 73.9 cm³/mol. The molecule has 0 aliphatic heterocycles. The SMILES string of the molecule is O=C(NC1CCCCC1O)c1cncc(C#CCO)c1. The molecule has 5 nitrogen and oxygen atoms in total. The Hall–Kier alpha value is -1.90. The van der Waals surface area contributed by atoms with Gasteiger partial charge in [0.15, 0.2) is 0 Å². The second-order valence-corrected chi connectivity index (χ2v) is 4.85. The van der Waals surface area contributed by atoms with Crippen LogP contribution in [0.4, 0.5) is 0 Å². The van der Waals surface area contributed by atoms with E-state index in [4.69, 9.17) is 5.11 Å². The van der Waals surface area contributed by atoms with Gasteiger partial charge in [-0.25, -0.2) is 0 Å². The fourth-order valence-corrected chi connectivity index (χ4v) is 2.31. The molecule has 1 aromatic heterocycles. The van der Waals surface area contributed by atoms with Gasteiger partial charge < -0.3 is 15.5 Å². The number of rotatable bonds is 2. The second kappa shape index (κ2) is 7.04. The van der Waals surface area contributed by atoms with E-state index < -0.39 is 6.10 Å². The van der Waals surface area contributed by atoms with E-state index in [1.54, 1.807) is 6.07 Å².